The number of hydrogen-bond acceptors (Lipinski definition) is 2. The summed E-state index contributed by atoms with van der Waals surface area (Å²) in [5.74, 6) is 1.89. The Morgan fingerprint density at radius 3 is 2.57 bits per heavy atom. The van der Waals surface area contributed by atoms with E-state index in [1.54, 1.807) is 0 Å². The van der Waals surface area contributed by atoms with E-state index in [1.807, 2.05) is 6.07 Å². The van der Waals surface area contributed by atoms with Crippen LogP contribution >= 0.6 is 22.6 Å². The van der Waals surface area contributed by atoms with Gasteiger partial charge in [0.1, 0.15) is 0 Å². The first-order valence-corrected chi connectivity index (χ1v) is 9.16. The molecule has 0 saturated carbocycles. The molecular weight excluding hydrogens is 307 g/mol. The Kier molecular flexibility index (Phi) is 2.51. The molecule has 0 bridgehead atoms. The molecule has 4 heteroatoms. The van der Waals surface area contributed by atoms with Crippen molar-refractivity contribution in [3.05, 3.63) is 15.7 Å². The van der Waals surface area contributed by atoms with Crippen molar-refractivity contribution in [2.75, 3.05) is 6.79 Å². The van der Waals surface area contributed by atoms with Gasteiger partial charge in [0.05, 0.1) is 8.07 Å². The molecule has 76 valence electrons. The Morgan fingerprint density at radius 2 is 1.93 bits per heavy atom. The summed E-state index contributed by atoms with van der Waals surface area (Å²) in [5, 5.41) is 1.38. The van der Waals surface area contributed by atoms with Gasteiger partial charge in [-0.2, -0.15) is 0 Å². The predicted molar refractivity (Wildman–Crippen MR) is 68.3 cm³/mol. The zero-order valence-electron chi connectivity index (χ0n) is 8.56. The normalized spacial score (nSPS) is 14.6. The van der Waals surface area contributed by atoms with E-state index in [9.17, 15) is 0 Å². The number of benzene rings is 1. The number of fused-ring (bicyclic) bond motifs is 1. The second-order valence-electron chi connectivity index (χ2n) is 4.41. The van der Waals surface area contributed by atoms with Crippen LogP contribution in [0.3, 0.4) is 0 Å². The first kappa shape index (κ1) is 10.3. The highest BCUT2D eigenvalue weighted by Gasteiger charge is 2.29. The Bertz CT molecular complexity index is 371. The second-order valence-corrected chi connectivity index (χ2v) is 10.6. The molecule has 1 aromatic rings. The molecule has 1 heterocycles. The Morgan fingerprint density at radius 1 is 1.21 bits per heavy atom. The predicted octanol–water partition coefficient (Wildman–Crippen LogP) is 2.57. The van der Waals surface area contributed by atoms with Gasteiger partial charge in [0.2, 0.25) is 6.79 Å². The lowest BCUT2D eigenvalue weighted by Crippen LogP contribution is -2.40. The molecule has 0 saturated heterocycles. The maximum atomic E-state index is 5.54. The summed E-state index contributed by atoms with van der Waals surface area (Å²) in [4.78, 5) is 0. The van der Waals surface area contributed by atoms with Crippen LogP contribution in [-0.2, 0) is 0 Å². The van der Waals surface area contributed by atoms with Crippen molar-refractivity contribution in [3.8, 4) is 11.5 Å². The molecule has 1 aliphatic rings. The molecule has 0 fully saturated rings. The van der Waals surface area contributed by atoms with Crippen molar-refractivity contribution in [2.24, 2.45) is 0 Å². The summed E-state index contributed by atoms with van der Waals surface area (Å²) in [5.41, 5.74) is 0. The highest BCUT2D eigenvalue weighted by molar-refractivity contribution is 14.1. The van der Waals surface area contributed by atoms with Crippen molar-refractivity contribution in [1.29, 1.82) is 0 Å². The average molecular weight is 320 g/mol. The molecule has 14 heavy (non-hydrogen) atoms. The van der Waals surface area contributed by atoms with Gasteiger partial charge in [0.25, 0.3) is 0 Å². The van der Waals surface area contributed by atoms with Gasteiger partial charge in [0, 0.05) is 3.57 Å². The number of halogens is 1. The zero-order valence-corrected chi connectivity index (χ0v) is 11.7. The summed E-state index contributed by atoms with van der Waals surface area (Å²) in [6.07, 6.45) is 0. The third-order valence-corrected chi connectivity index (χ3v) is 5.64. The van der Waals surface area contributed by atoms with Gasteiger partial charge in [-0.05, 0) is 39.9 Å². The minimum atomic E-state index is -1.35. The van der Waals surface area contributed by atoms with E-state index in [2.05, 4.69) is 48.3 Å². The van der Waals surface area contributed by atoms with Crippen molar-refractivity contribution < 1.29 is 9.47 Å². The van der Waals surface area contributed by atoms with E-state index in [1.165, 1.54) is 8.76 Å². The fraction of sp³-hybridized carbons (Fsp3) is 0.400. The molecule has 0 aliphatic carbocycles. The van der Waals surface area contributed by atoms with Gasteiger partial charge in [-0.15, -0.1) is 0 Å². The summed E-state index contributed by atoms with van der Waals surface area (Å²) >= 11 is 2.38. The fourth-order valence-corrected chi connectivity index (χ4v) is 6.18. The first-order valence-electron chi connectivity index (χ1n) is 4.59. The van der Waals surface area contributed by atoms with E-state index < -0.39 is 8.07 Å². The molecule has 2 rings (SSSR count). The maximum absolute atomic E-state index is 5.54. The maximum Gasteiger partial charge on any atom is 0.231 e. The summed E-state index contributed by atoms with van der Waals surface area (Å²) in [6, 6.07) is 4.11. The van der Waals surface area contributed by atoms with Crippen molar-refractivity contribution >= 4 is 35.9 Å². The van der Waals surface area contributed by atoms with Gasteiger partial charge < -0.3 is 9.47 Å². The Balaban J connectivity index is 2.63. The van der Waals surface area contributed by atoms with Crippen LogP contribution in [0.5, 0.6) is 11.5 Å². The highest BCUT2D eigenvalue weighted by Crippen LogP contribution is 2.33. The van der Waals surface area contributed by atoms with Crippen molar-refractivity contribution in [2.45, 2.75) is 19.6 Å². The third kappa shape index (κ3) is 1.65. The van der Waals surface area contributed by atoms with Crippen LogP contribution in [0, 0.1) is 3.57 Å². The van der Waals surface area contributed by atoms with Gasteiger partial charge >= 0.3 is 0 Å². The summed E-state index contributed by atoms with van der Waals surface area (Å²) in [6.45, 7) is 7.35. The summed E-state index contributed by atoms with van der Waals surface area (Å²) in [7, 11) is -1.35. The van der Waals surface area contributed by atoms with E-state index >= 15 is 0 Å². The lowest BCUT2D eigenvalue weighted by molar-refractivity contribution is 0.174. The summed E-state index contributed by atoms with van der Waals surface area (Å²) < 4.78 is 12.2. The highest BCUT2D eigenvalue weighted by atomic mass is 127. The minimum absolute atomic E-state index is 0.368. The molecule has 0 radical (unpaired) electrons. The van der Waals surface area contributed by atoms with E-state index in [0.29, 0.717) is 6.79 Å². The Hall–Kier alpha value is -0.233. The fourth-order valence-electron chi connectivity index (χ4n) is 1.65. The number of ether oxygens (including phenoxy) is 2. The van der Waals surface area contributed by atoms with Crippen LogP contribution < -0.4 is 14.7 Å². The molecule has 0 amide bonds. The molecule has 2 nitrogen and oxygen atoms in total. The van der Waals surface area contributed by atoms with Crippen LogP contribution in [0.2, 0.25) is 19.6 Å². The van der Waals surface area contributed by atoms with Crippen LogP contribution in [0.15, 0.2) is 12.1 Å². The molecule has 1 aromatic carbocycles. The molecule has 0 N–H and O–H groups in total. The monoisotopic (exact) mass is 320 g/mol. The van der Waals surface area contributed by atoms with Gasteiger partial charge in [-0.3, -0.25) is 0 Å². The average Bonchev–Trinajstić information content (AvgIpc) is 2.48. The largest absolute Gasteiger partial charge is 0.454 e. The van der Waals surface area contributed by atoms with Crippen LogP contribution in [0.4, 0.5) is 0 Å². The molecule has 0 atom stereocenters. The molecule has 0 spiro atoms. The second kappa shape index (κ2) is 3.41. The minimum Gasteiger partial charge on any atom is -0.454 e. The third-order valence-electron chi connectivity index (χ3n) is 2.24. The topological polar surface area (TPSA) is 18.5 Å². The Labute approximate surface area is 98.8 Å². The van der Waals surface area contributed by atoms with Crippen molar-refractivity contribution in [1.82, 2.24) is 0 Å². The molecule has 1 aliphatic heterocycles. The lowest BCUT2D eigenvalue weighted by atomic mass is 10.3. The van der Waals surface area contributed by atoms with E-state index in [4.69, 9.17) is 9.47 Å². The zero-order chi connectivity index (χ0) is 10.3. The van der Waals surface area contributed by atoms with Crippen molar-refractivity contribution in [3.63, 3.8) is 0 Å². The molecule has 0 aromatic heterocycles. The number of rotatable bonds is 1. The van der Waals surface area contributed by atoms with Gasteiger partial charge in [0.15, 0.2) is 11.5 Å². The molecular formula is C10H13IO2Si. The molecule has 0 unspecified atom stereocenters. The smallest absolute Gasteiger partial charge is 0.231 e. The SMILES string of the molecule is C[Si](C)(C)c1c(I)ccc2c1OCO2. The van der Waals surface area contributed by atoms with Gasteiger partial charge in [-0.25, -0.2) is 0 Å². The lowest BCUT2D eigenvalue weighted by Gasteiger charge is -2.20. The van der Waals surface area contributed by atoms with E-state index in [0.717, 1.165) is 11.5 Å². The van der Waals surface area contributed by atoms with Gasteiger partial charge in [-0.1, -0.05) is 19.6 Å². The van der Waals surface area contributed by atoms with Crippen LogP contribution in [0.1, 0.15) is 0 Å². The quantitative estimate of drug-likeness (QED) is 0.585. The number of hydrogen-bond donors (Lipinski definition) is 0. The van der Waals surface area contributed by atoms with Crippen LogP contribution in [0.25, 0.3) is 0 Å². The van der Waals surface area contributed by atoms with E-state index in [-0.39, 0.29) is 0 Å². The standard InChI is InChI=1S/C10H13IO2Si/c1-14(2,3)10-7(11)4-5-8-9(10)13-6-12-8/h4-5H,6H2,1-3H3. The first-order chi connectivity index (χ1) is 6.50. The van der Waals surface area contributed by atoms with Crippen LogP contribution in [-0.4, -0.2) is 14.9 Å².